The molecule has 0 saturated carbocycles. The van der Waals surface area contributed by atoms with Crippen LogP contribution in [0, 0.1) is 5.82 Å². The lowest BCUT2D eigenvalue weighted by Gasteiger charge is -2.07. The van der Waals surface area contributed by atoms with Crippen LogP contribution in [-0.4, -0.2) is 31.2 Å². The van der Waals surface area contributed by atoms with Gasteiger partial charge in [-0.1, -0.05) is 42.1 Å². The van der Waals surface area contributed by atoms with Gasteiger partial charge in [0.15, 0.2) is 0 Å². The first-order valence-electron chi connectivity index (χ1n) is 7.96. The van der Waals surface area contributed by atoms with Crippen molar-refractivity contribution in [3.05, 3.63) is 59.9 Å². The third kappa shape index (κ3) is 4.21. The van der Waals surface area contributed by atoms with Gasteiger partial charge in [0.25, 0.3) is 0 Å². The third-order valence-electron chi connectivity index (χ3n) is 3.79. The van der Waals surface area contributed by atoms with Crippen molar-refractivity contribution in [2.24, 2.45) is 0 Å². The summed E-state index contributed by atoms with van der Waals surface area (Å²) in [6.07, 6.45) is 0.227. The van der Waals surface area contributed by atoms with Crippen molar-refractivity contribution in [2.75, 3.05) is 20.3 Å². The largest absolute Gasteiger partial charge is 0.383 e. The Morgan fingerprint density at radius 3 is 2.76 bits per heavy atom. The van der Waals surface area contributed by atoms with E-state index in [9.17, 15) is 9.18 Å². The summed E-state index contributed by atoms with van der Waals surface area (Å²) >= 11 is 1.30. The van der Waals surface area contributed by atoms with E-state index in [1.54, 1.807) is 25.3 Å². The van der Waals surface area contributed by atoms with Crippen LogP contribution in [0.2, 0.25) is 0 Å². The molecule has 0 unspecified atom stereocenters. The van der Waals surface area contributed by atoms with Crippen molar-refractivity contribution in [2.45, 2.75) is 16.3 Å². The lowest BCUT2D eigenvalue weighted by Crippen LogP contribution is -2.28. The molecular weight excluding hydrogens is 339 g/mol. The Morgan fingerprint density at radius 1 is 1.20 bits per heavy atom. The quantitative estimate of drug-likeness (QED) is 0.632. The van der Waals surface area contributed by atoms with Gasteiger partial charge in [-0.25, -0.2) is 4.39 Å². The Kier molecular flexibility index (Phi) is 5.73. The van der Waals surface area contributed by atoms with Gasteiger partial charge in [-0.3, -0.25) is 4.79 Å². The van der Waals surface area contributed by atoms with Crippen molar-refractivity contribution >= 4 is 28.6 Å². The summed E-state index contributed by atoms with van der Waals surface area (Å²) in [5.41, 5.74) is 1.81. The molecular formula is C19H19FN2O2S. The summed E-state index contributed by atoms with van der Waals surface area (Å²) in [5, 5.41) is 4.59. The fourth-order valence-electron chi connectivity index (χ4n) is 2.59. The maximum atomic E-state index is 14.0. The zero-order valence-corrected chi connectivity index (χ0v) is 14.7. The van der Waals surface area contributed by atoms with Crippen LogP contribution in [0.25, 0.3) is 10.9 Å². The zero-order chi connectivity index (χ0) is 17.6. The average molecular weight is 358 g/mol. The second kappa shape index (κ2) is 8.18. The first-order chi connectivity index (χ1) is 12.2. The summed E-state index contributed by atoms with van der Waals surface area (Å²) in [6, 6.07) is 14.4. The lowest BCUT2D eigenvalue weighted by atomic mass is 10.1. The van der Waals surface area contributed by atoms with Gasteiger partial charge < -0.3 is 15.0 Å². The molecule has 0 radical (unpaired) electrons. The predicted molar refractivity (Wildman–Crippen MR) is 97.4 cm³/mol. The molecule has 0 aliphatic rings. The number of aromatic amines is 1. The van der Waals surface area contributed by atoms with Crippen molar-refractivity contribution in [3.63, 3.8) is 0 Å². The van der Waals surface area contributed by atoms with Crippen LogP contribution in [0.4, 0.5) is 4.39 Å². The Bertz CT molecular complexity index is 879. The van der Waals surface area contributed by atoms with Crippen LogP contribution in [0.5, 0.6) is 0 Å². The first-order valence-corrected chi connectivity index (χ1v) is 8.78. The number of carbonyl (C=O) groups is 1. The molecule has 0 bridgehead atoms. The van der Waals surface area contributed by atoms with E-state index in [1.165, 1.54) is 17.8 Å². The SMILES string of the molecule is COCCNC(=O)Cc1c(Sc2ccccc2F)[nH]c2ccccc12. The molecule has 4 nitrogen and oxygen atoms in total. The van der Waals surface area contributed by atoms with Crippen LogP contribution >= 0.6 is 11.8 Å². The van der Waals surface area contributed by atoms with Crippen molar-refractivity contribution in [1.82, 2.24) is 10.3 Å². The molecule has 0 fully saturated rings. The number of hydrogen-bond acceptors (Lipinski definition) is 3. The highest BCUT2D eigenvalue weighted by atomic mass is 32.2. The van der Waals surface area contributed by atoms with E-state index >= 15 is 0 Å². The van der Waals surface area contributed by atoms with Crippen LogP contribution in [0.3, 0.4) is 0 Å². The zero-order valence-electron chi connectivity index (χ0n) is 13.8. The summed E-state index contributed by atoms with van der Waals surface area (Å²) in [7, 11) is 1.59. The van der Waals surface area contributed by atoms with E-state index in [4.69, 9.17) is 4.74 Å². The number of benzene rings is 2. The van der Waals surface area contributed by atoms with Gasteiger partial charge in [0.05, 0.1) is 18.1 Å². The molecule has 0 aliphatic carbocycles. The standard InChI is InChI=1S/C19H19FN2O2S/c1-24-11-10-21-18(23)12-14-13-6-2-4-8-16(13)22-19(14)25-17-9-5-3-7-15(17)20/h2-9,22H,10-12H2,1H3,(H,21,23). The number of nitrogens with one attached hydrogen (secondary N) is 2. The first kappa shape index (κ1) is 17.5. The number of ether oxygens (including phenoxy) is 1. The van der Waals surface area contributed by atoms with Crippen molar-refractivity contribution < 1.29 is 13.9 Å². The highest BCUT2D eigenvalue weighted by Gasteiger charge is 2.16. The van der Waals surface area contributed by atoms with E-state index < -0.39 is 0 Å². The summed E-state index contributed by atoms with van der Waals surface area (Å²) in [6.45, 7) is 0.934. The van der Waals surface area contributed by atoms with Crippen molar-refractivity contribution in [1.29, 1.82) is 0 Å². The minimum atomic E-state index is -0.276. The monoisotopic (exact) mass is 358 g/mol. The van der Waals surface area contributed by atoms with Crippen LogP contribution in [0.15, 0.2) is 58.5 Å². The molecule has 6 heteroatoms. The number of aromatic nitrogens is 1. The highest BCUT2D eigenvalue weighted by molar-refractivity contribution is 7.99. The smallest absolute Gasteiger partial charge is 0.224 e. The van der Waals surface area contributed by atoms with Gasteiger partial charge in [-0.2, -0.15) is 0 Å². The Hall–Kier alpha value is -2.31. The maximum absolute atomic E-state index is 14.0. The van der Waals surface area contributed by atoms with Crippen LogP contribution < -0.4 is 5.32 Å². The number of methoxy groups -OCH3 is 1. The maximum Gasteiger partial charge on any atom is 0.224 e. The Labute approximate surface area is 149 Å². The summed E-state index contributed by atoms with van der Waals surface area (Å²) in [4.78, 5) is 16.1. The molecule has 1 heterocycles. The van der Waals surface area contributed by atoms with Crippen LogP contribution in [-0.2, 0) is 16.0 Å². The molecule has 2 N–H and O–H groups in total. The second-order valence-electron chi connectivity index (χ2n) is 5.53. The molecule has 0 atom stereocenters. The average Bonchev–Trinajstić information content (AvgIpc) is 2.95. The normalized spacial score (nSPS) is 11.0. The van der Waals surface area contributed by atoms with E-state index in [0.717, 1.165) is 21.5 Å². The van der Waals surface area contributed by atoms with Gasteiger partial charge in [-0.15, -0.1) is 0 Å². The molecule has 3 aromatic rings. The number of fused-ring (bicyclic) bond motifs is 1. The van der Waals surface area contributed by atoms with Crippen LogP contribution in [0.1, 0.15) is 5.56 Å². The molecule has 25 heavy (non-hydrogen) atoms. The van der Waals surface area contributed by atoms with Gasteiger partial charge in [0.1, 0.15) is 5.82 Å². The predicted octanol–water partition coefficient (Wildman–Crippen LogP) is 3.76. The Morgan fingerprint density at radius 2 is 1.96 bits per heavy atom. The van der Waals surface area contributed by atoms with Crippen molar-refractivity contribution in [3.8, 4) is 0 Å². The fourth-order valence-corrected chi connectivity index (χ4v) is 3.59. The number of halogens is 1. The number of rotatable bonds is 7. The molecule has 0 aliphatic heterocycles. The van der Waals surface area contributed by atoms with E-state index in [0.29, 0.717) is 18.0 Å². The number of amides is 1. The molecule has 3 rings (SSSR count). The molecule has 0 spiro atoms. The number of carbonyl (C=O) groups excluding carboxylic acids is 1. The van der Waals surface area contributed by atoms with Gasteiger partial charge >= 0.3 is 0 Å². The number of hydrogen-bond donors (Lipinski definition) is 2. The molecule has 130 valence electrons. The fraction of sp³-hybridized carbons (Fsp3) is 0.211. The third-order valence-corrected chi connectivity index (χ3v) is 4.89. The van der Waals surface area contributed by atoms with Gasteiger partial charge in [0, 0.05) is 35.0 Å². The summed E-state index contributed by atoms with van der Waals surface area (Å²) < 4.78 is 18.9. The van der Waals surface area contributed by atoms with E-state index in [2.05, 4.69) is 10.3 Å². The van der Waals surface area contributed by atoms with Gasteiger partial charge in [0.2, 0.25) is 5.91 Å². The molecule has 0 saturated heterocycles. The Balaban J connectivity index is 1.89. The second-order valence-corrected chi connectivity index (χ2v) is 6.58. The molecule has 1 amide bonds. The van der Waals surface area contributed by atoms with E-state index in [1.807, 2.05) is 24.3 Å². The minimum absolute atomic E-state index is 0.0859. The lowest BCUT2D eigenvalue weighted by molar-refractivity contribution is -0.120. The number of H-pyrrole nitrogens is 1. The van der Waals surface area contributed by atoms with E-state index in [-0.39, 0.29) is 18.1 Å². The molecule has 1 aromatic heterocycles. The number of para-hydroxylation sites is 1. The van der Waals surface area contributed by atoms with Gasteiger partial charge in [-0.05, 0) is 18.2 Å². The minimum Gasteiger partial charge on any atom is -0.383 e. The molecule has 2 aromatic carbocycles. The highest BCUT2D eigenvalue weighted by Crippen LogP contribution is 2.35. The summed E-state index contributed by atoms with van der Waals surface area (Å²) in [5.74, 6) is -0.362. The topological polar surface area (TPSA) is 54.1 Å².